The van der Waals surface area contributed by atoms with E-state index in [4.69, 9.17) is 9.47 Å². The van der Waals surface area contributed by atoms with Crippen LogP contribution in [0.25, 0.3) is 10.9 Å². The summed E-state index contributed by atoms with van der Waals surface area (Å²) < 4.78 is 10.7. The fraction of sp³-hybridized carbons (Fsp3) is 0.235. The number of hydrogen-bond donors (Lipinski definition) is 1. The Hall–Kier alpha value is -3.53. The zero-order chi connectivity index (χ0) is 19.0. The van der Waals surface area contributed by atoms with Crippen LogP contribution in [0.15, 0.2) is 30.4 Å². The van der Waals surface area contributed by atoms with Crippen molar-refractivity contribution in [3.8, 4) is 11.5 Å². The predicted molar refractivity (Wildman–Crippen MR) is 93.9 cm³/mol. The molecule has 0 spiro atoms. The van der Waals surface area contributed by atoms with Gasteiger partial charge in [-0.3, -0.25) is 10.1 Å². The first-order valence-electron chi connectivity index (χ1n) is 8.22. The molecule has 10 heteroatoms. The number of nitrogens with zero attached hydrogens (tertiary/aromatic N) is 3. The summed E-state index contributed by atoms with van der Waals surface area (Å²) in [6.45, 7) is 2.64. The Kier molecular flexibility index (Phi) is 4.16. The number of benzene rings is 1. The minimum absolute atomic E-state index is 0.0207. The van der Waals surface area contributed by atoms with E-state index in [0.717, 1.165) is 12.2 Å². The second-order valence-corrected chi connectivity index (χ2v) is 5.96. The number of hydrogen-bond acceptors (Lipinski definition) is 9. The smallest absolute Gasteiger partial charge is 0.336 e. The molecule has 1 aromatic carbocycles. The van der Waals surface area contributed by atoms with Crippen LogP contribution in [0.4, 0.5) is 11.5 Å². The predicted octanol–water partition coefficient (Wildman–Crippen LogP) is 0.933. The van der Waals surface area contributed by atoms with Crippen molar-refractivity contribution < 1.29 is 24.0 Å². The van der Waals surface area contributed by atoms with Crippen LogP contribution >= 0.6 is 0 Å². The van der Waals surface area contributed by atoms with Gasteiger partial charge in [0.25, 0.3) is 5.69 Å². The van der Waals surface area contributed by atoms with Gasteiger partial charge in [0.05, 0.1) is 15.8 Å². The van der Waals surface area contributed by atoms with Gasteiger partial charge in [0.2, 0.25) is 5.75 Å². The molecular formula is C17H14N4O6. The van der Waals surface area contributed by atoms with Gasteiger partial charge >= 0.3 is 11.9 Å². The lowest BCUT2D eigenvalue weighted by molar-refractivity contribution is -0.384. The van der Waals surface area contributed by atoms with E-state index >= 15 is 0 Å². The van der Waals surface area contributed by atoms with Gasteiger partial charge < -0.3 is 19.7 Å². The quantitative estimate of drug-likeness (QED) is 0.467. The number of pyridine rings is 1. The van der Waals surface area contributed by atoms with Crippen LogP contribution in [0.2, 0.25) is 0 Å². The third-order valence-electron chi connectivity index (χ3n) is 4.25. The number of carbonyl (C=O) groups excluding carboxylic acids is 2. The summed E-state index contributed by atoms with van der Waals surface area (Å²) in [5, 5.41) is 14.6. The molecule has 0 atom stereocenters. The van der Waals surface area contributed by atoms with Gasteiger partial charge in [-0.05, 0) is 6.07 Å². The molecule has 10 nitrogen and oxygen atoms in total. The lowest BCUT2D eigenvalue weighted by Crippen LogP contribution is -2.44. The number of fused-ring (bicyclic) bond motifs is 3. The molecule has 1 N–H and O–H groups in total. The van der Waals surface area contributed by atoms with Crippen molar-refractivity contribution in [2.24, 2.45) is 0 Å². The second kappa shape index (κ2) is 6.65. The summed E-state index contributed by atoms with van der Waals surface area (Å²) >= 11 is 0. The van der Waals surface area contributed by atoms with Crippen LogP contribution in [-0.2, 0) is 9.59 Å². The third kappa shape index (κ3) is 3.17. The van der Waals surface area contributed by atoms with Crippen LogP contribution in [0.3, 0.4) is 0 Å². The Labute approximate surface area is 152 Å². The van der Waals surface area contributed by atoms with Gasteiger partial charge in [-0.2, -0.15) is 0 Å². The molecular weight excluding hydrogens is 356 g/mol. The van der Waals surface area contributed by atoms with Crippen molar-refractivity contribution >= 4 is 34.3 Å². The molecule has 2 aliphatic heterocycles. The van der Waals surface area contributed by atoms with E-state index < -0.39 is 16.9 Å². The number of nitro groups is 1. The van der Waals surface area contributed by atoms with Crippen molar-refractivity contribution in [3.63, 3.8) is 0 Å². The molecule has 1 aromatic heterocycles. The minimum atomic E-state index is -0.779. The molecule has 138 valence electrons. The van der Waals surface area contributed by atoms with E-state index in [1.165, 1.54) is 18.2 Å². The number of nitro benzene ring substituents is 1. The molecule has 0 saturated carbocycles. The fourth-order valence-corrected chi connectivity index (χ4v) is 3.00. The lowest BCUT2D eigenvalue weighted by Gasteiger charge is -2.30. The highest BCUT2D eigenvalue weighted by Gasteiger charge is 2.28. The molecule has 2 aromatic rings. The summed E-state index contributed by atoms with van der Waals surface area (Å²) in [4.78, 5) is 41.0. The Morgan fingerprint density at radius 1 is 1.07 bits per heavy atom. The topological polar surface area (TPSA) is 124 Å². The maximum atomic E-state index is 12.0. The highest BCUT2D eigenvalue weighted by molar-refractivity contribution is 6.01. The van der Waals surface area contributed by atoms with Crippen LogP contribution in [0, 0.1) is 10.1 Å². The molecule has 3 heterocycles. The van der Waals surface area contributed by atoms with Crippen molar-refractivity contribution in [3.05, 3.63) is 40.5 Å². The lowest BCUT2D eigenvalue weighted by atomic mass is 10.1. The number of non-ortho nitro benzene ring substituents is 1. The zero-order valence-electron chi connectivity index (χ0n) is 14.0. The highest BCUT2D eigenvalue weighted by atomic mass is 16.6. The van der Waals surface area contributed by atoms with E-state index in [-0.39, 0.29) is 22.6 Å². The van der Waals surface area contributed by atoms with E-state index in [1.807, 2.05) is 4.90 Å². The standard InChI is InChI=1S/C17H14N4O6/c22-13-3-4-14(23)27-16-15(26-13)11-9-10(21(24)25)1-2-12(11)19-17(16)20-7-5-18-6-8-20/h1-4,9,18H,5-8H2/b4-3-. The van der Waals surface area contributed by atoms with Crippen LogP contribution in [0.5, 0.6) is 11.5 Å². The summed E-state index contributed by atoms with van der Waals surface area (Å²) in [6, 6.07) is 4.04. The summed E-state index contributed by atoms with van der Waals surface area (Å²) in [5.41, 5.74) is 0.197. The Balaban J connectivity index is 1.98. The average molecular weight is 370 g/mol. The van der Waals surface area contributed by atoms with Gasteiger partial charge in [0.15, 0.2) is 11.6 Å². The third-order valence-corrected chi connectivity index (χ3v) is 4.25. The van der Waals surface area contributed by atoms with E-state index in [9.17, 15) is 19.7 Å². The molecule has 2 aliphatic rings. The molecule has 0 radical (unpaired) electrons. The number of piperazine rings is 1. The fourth-order valence-electron chi connectivity index (χ4n) is 3.00. The molecule has 0 amide bonds. The molecule has 0 aliphatic carbocycles. The van der Waals surface area contributed by atoms with Crippen LogP contribution in [0.1, 0.15) is 0 Å². The monoisotopic (exact) mass is 370 g/mol. The zero-order valence-corrected chi connectivity index (χ0v) is 14.0. The van der Waals surface area contributed by atoms with Crippen molar-refractivity contribution in [1.29, 1.82) is 0 Å². The first-order valence-corrected chi connectivity index (χ1v) is 8.22. The number of nitrogens with one attached hydrogen (secondary N) is 1. The van der Waals surface area contributed by atoms with E-state index in [0.29, 0.717) is 37.5 Å². The van der Waals surface area contributed by atoms with Gasteiger partial charge in [-0.25, -0.2) is 14.6 Å². The number of ether oxygens (including phenoxy) is 2. The summed E-state index contributed by atoms with van der Waals surface area (Å²) in [5.74, 6) is -1.26. The Morgan fingerprint density at radius 3 is 2.41 bits per heavy atom. The summed E-state index contributed by atoms with van der Waals surface area (Å²) in [6.07, 6.45) is 1.91. The molecule has 1 fully saturated rings. The maximum absolute atomic E-state index is 12.0. The SMILES string of the molecule is O=C1/C=C\C(=O)Oc2c(c(N3CCNCC3)nc3ccc([N+](=O)[O-])cc23)O1. The molecule has 0 bridgehead atoms. The number of aromatic nitrogens is 1. The van der Waals surface area contributed by atoms with E-state index in [2.05, 4.69) is 10.3 Å². The number of esters is 2. The second-order valence-electron chi connectivity index (χ2n) is 5.96. The van der Waals surface area contributed by atoms with E-state index in [1.54, 1.807) is 0 Å². The van der Waals surface area contributed by atoms with Gasteiger partial charge in [-0.15, -0.1) is 0 Å². The molecule has 27 heavy (non-hydrogen) atoms. The molecule has 0 unspecified atom stereocenters. The average Bonchev–Trinajstić information content (AvgIpc) is 2.67. The highest BCUT2D eigenvalue weighted by Crippen LogP contribution is 2.43. The van der Waals surface area contributed by atoms with Crippen LogP contribution < -0.4 is 19.7 Å². The largest absolute Gasteiger partial charge is 0.418 e. The normalized spacial score (nSPS) is 18.1. The van der Waals surface area contributed by atoms with Crippen molar-refractivity contribution in [2.75, 3.05) is 31.1 Å². The first-order chi connectivity index (χ1) is 13.0. The van der Waals surface area contributed by atoms with Crippen molar-refractivity contribution in [2.45, 2.75) is 0 Å². The first kappa shape index (κ1) is 16.9. The number of rotatable bonds is 2. The maximum Gasteiger partial charge on any atom is 0.336 e. The van der Waals surface area contributed by atoms with Crippen molar-refractivity contribution in [1.82, 2.24) is 10.3 Å². The Morgan fingerprint density at radius 2 is 1.74 bits per heavy atom. The Bertz CT molecular complexity index is 997. The molecule has 1 saturated heterocycles. The van der Waals surface area contributed by atoms with Gasteiger partial charge in [0.1, 0.15) is 0 Å². The minimum Gasteiger partial charge on any atom is -0.418 e. The number of carbonyl (C=O) groups is 2. The molecule has 4 rings (SSSR count). The van der Waals surface area contributed by atoms with Gasteiger partial charge in [-0.1, -0.05) is 0 Å². The number of anilines is 1. The summed E-state index contributed by atoms with van der Waals surface area (Å²) in [7, 11) is 0. The van der Waals surface area contributed by atoms with Gasteiger partial charge in [0, 0.05) is 50.5 Å². The van der Waals surface area contributed by atoms with Crippen LogP contribution in [-0.4, -0.2) is 48.0 Å².